The van der Waals surface area contributed by atoms with E-state index < -0.39 is 5.97 Å². The van der Waals surface area contributed by atoms with Gasteiger partial charge in [-0.25, -0.2) is 9.78 Å². The Morgan fingerprint density at radius 1 is 1.42 bits per heavy atom. The number of nitrogens with one attached hydrogen (secondary N) is 1. The second-order valence-electron chi connectivity index (χ2n) is 4.40. The Kier molecular flexibility index (Phi) is 4.16. The van der Waals surface area contributed by atoms with Gasteiger partial charge in [0.1, 0.15) is 4.88 Å². The molecule has 0 atom stereocenters. The maximum atomic E-state index is 10.9. The third-order valence-electron chi connectivity index (χ3n) is 2.76. The molecule has 0 spiro atoms. The zero-order valence-corrected chi connectivity index (χ0v) is 11.8. The van der Waals surface area contributed by atoms with Crippen LogP contribution in [0.1, 0.15) is 26.5 Å². The minimum Gasteiger partial charge on any atom is -0.477 e. The lowest BCUT2D eigenvalue weighted by molar-refractivity contribution is 0.0701. The molecule has 1 aromatic heterocycles. The van der Waals surface area contributed by atoms with Crippen LogP contribution < -0.4 is 5.32 Å². The number of aromatic carboxylic acids is 1. The predicted molar refractivity (Wildman–Crippen MR) is 77.2 cm³/mol. The van der Waals surface area contributed by atoms with E-state index in [4.69, 9.17) is 5.11 Å². The summed E-state index contributed by atoms with van der Waals surface area (Å²) < 4.78 is 0. The van der Waals surface area contributed by atoms with E-state index in [0.29, 0.717) is 15.7 Å². The standard InChI is InChI=1S/C14H16N2O2S/c1-9-4-3-5-11(8-9)6-7-15-14-16-10(2)12(19-14)13(17)18/h3-5,8H,6-7H2,1-2H3,(H,15,16)(H,17,18). The molecule has 0 bridgehead atoms. The molecule has 0 radical (unpaired) electrons. The monoisotopic (exact) mass is 276 g/mol. The third-order valence-corrected chi connectivity index (χ3v) is 3.87. The van der Waals surface area contributed by atoms with Gasteiger partial charge in [0.05, 0.1) is 5.69 Å². The van der Waals surface area contributed by atoms with Crippen LogP contribution in [0.3, 0.4) is 0 Å². The zero-order chi connectivity index (χ0) is 13.8. The number of aromatic nitrogens is 1. The van der Waals surface area contributed by atoms with Crippen molar-refractivity contribution in [3.8, 4) is 0 Å². The molecule has 0 amide bonds. The lowest BCUT2D eigenvalue weighted by Crippen LogP contribution is -2.04. The Morgan fingerprint density at radius 2 is 2.21 bits per heavy atom. The van der Waals surface area contributed by atoms with E-state index in [0.717, 1.165) is 13.0 Å². The van der Waals surface area contributed by atoms with Gasteiger partial charge in [-0.1, -0.05) is 41.2 Å². The Morgan fingerprint density at radius 3 is 2.84 bits per heavy atom. The highest BCUT2D eigenvalue weighted by molar-refractivity contribution is 7.17. The number of anilines is 1. The average Bonchev–Trinajstić information content (AvgIpc) is 2.71. The summed E-state index contributed by atoms with van der Waals surface area (Å²) in [5.41, 5.74) is 3.07. The van der Waals surface area contributed by atoms with Crippen LogP contribution in [-0.2, 0) is 6.42 Å². The van der Waals surface area contributed by atoms with Crippen molar-refractivity contribution in [1.29, 1.82) is 0 Å². The maximum absolute atomic E-state index is 10.9. The van der Waals surface area contributed by atoms with Gasteiger partial charge in [-0.15, -0.1) is 0 Å². The summed E-state index contributed by atoms with van der Waals surface area (Å²) in [6.07, 6.45) is 0.892. The quantitative estimate of drug-likeness (QED) is 0.880. The summed E-state index contributed by atoms with van der Waals surface area (Å²) in [7, 11) is 0. The number of aryl methyl sites for hydroxylation is 2. The summed E-state index contributed by atoms with van der Waals surface area (Å²) in [6, 6.07) is 8.35. The van der Waals surface area contributed by atoms with Crippen molar-refractivity contribution in [3.63, 3.8) is 0 Å². The molecule has 0 aliphatic carbocycles. The molecule has 1 aromatic carbocycles. The molecule has 0 unspecified atom stereocenters. The van der Waals surface area contributed by atoms with Gasteiger partial charge in [0, 0.05) is 6.54 Å². The number of hydrogen-bond donors (Lipinski definition) is 2. The third kappa shape index (κ3) is 3.54. The Hall–Kier alpha value is -1.88. The van der Waals surface area contributed by atoms with Gasteiger partial charge < -0.3 is 10.4 Å². The number of rotatable bonds is 5. The Balaban J connectivity index is 1.92. The second kappa shape index (κ2) is 5.84. The van der Waals surface area contributed by atoms with Crippen molar-refractivity contribution in [3.05, 3.63) is 46.0 Å². The number of benzene rings is 1. The smallest absolute Gasteiger partial charge is 0.347 e. The van der Waals surface area contributed by atoms with Crippen molar-refractivity contribution >= 4 is 22.4 Å². The first-order valence-corrected chi connectivity index (χ1v) is 6.88. The van der Waals surface area contributed by atoms with E-state index in [1.807, 2.05) is 6.07 Å². The number of hydrogen-bond acceptors (Lipinski definition) is 4. The minimum atomic E-state index is -0.915. The van der Waals surface area contributed by atoms with Crippen molar-refractivity contribution in [2.45, 2.75) is 20.3 Å². The summed E-state index contributed by atoms with van der Waals surface area (Å²) in [5.74, 6) is -0.915. The molecule has 2 aromatic rings. The first kappa shape index (κ1) is 13.5. The molecule has 2 N–H and O–H groups in total. The highest BCUT2D eigenvalue weighted by Gasteiger charge is 2.13. The van der Waals surface area contributed by atoms with Crippen LogP contribution in [0.5, 0.6) is 0 Å². The molecule has 4 nitrogen and oxygen atoms in total. The predicted octanol–water partition coefficient (Wildman–Crippen LogP) is 3.11. The molecular formula is C14H16N2O2S. The summed E-state index contributed by atoms with van der Waals surface area (Å²) in [5, 5.41) is 12.8. The fourth-order valence-electron chi connectivity index (χ4n) is 1.85. The van der Waals surface area contributed by atoms with Gasteiger partial charge in [-0.05, 0) is 25.8 Å². The molecule has 0 saturated heterocycles. The van der Waals surface area contributed by atoms with Crippen molar-refractivity contribution in [2.24, 2.45) is 0 Å². The number of nitrogens with zero attached hydrogens (tertiary/aromatic N) is 1. The van der Waals surface area contributed by atoms with E-state index in [2.05, 4.69) is 35.4 Å². The van der Waals surface area contributed by atoms with Crippen LogP contribution in [-0.4, -0.2) is 22.6 Å². The minimum absolute atomic E-state index is 0.304. The van der Waals surface area contributed by atoms with E-state index in [9.17, 15) is 4.79 Å². The highest BCUT2D eigenvalue weighted by Crippen LogP contribution is 2.22. The van der Waals surface area contributed by atoms with Crippen molar-refractivity contribution in [1.82, 2.24) is 4.98 Å². The van der Waals surface area contributed by atoms with Gasteiger partial charge in [0.2, 0.25) is 0 Å². The fourth-order valence-corrected chi connectivity index (χ4v) is 2.68. The number of carboxylic acid groups (broad SMARTS) is 1. The molecule has 19 heavy (non-hydrogen) atoms. The normalized spacial score (nSPS) is 10.4. The molecule has 0 aliphatic heterocycles. The van der Waals surface area contributed by atoms with Crippen LogP contribution in [0.4, 0.5) is 5.13 Å². The van der Waals surface area contributed by atoms with E-state index in [-0.39, 0.29) is 0 Å². The molecule has 0 saturated carbocycles. The van der Waals surface area contributed by atoms with Crippen LogP contribution >= 0.6 is 11.3 Å². The van der Waals surface area contributed by atoms with E-state index >= 15 is 0 Å². The van der Waals surface area contributed by atoms with Gasteiger partial charge >= 0.3 is 5.97 Å². The van der Waals surface area contributed by atoms with Gasteiger partial charge in [-0.3, -0.25) is 0 Å². The Labute approximate surface area is 116 Å². The van der Waals surface area contributed by atoms with Crippen LogP contribution in [0, 0.1) is 13.8 Å². The van der Waals surface area contributed by atoms with Crippen LogP contribution in [0.2, 0.25) is 0 Å². The average molecular weight is 276 g/mol. The summed E-state index contributed by atoms with van der Waals surface area (Å²) >= 11 is 1.18. The number of thiazole rings is 1. The van der Waals surface area contributed by atoms with E-state index in [1.165, 1.54) is 22.5 Å². The first-order valence-electron chi connectivity index (χ1n) is 6.06. The SMILES string of the molecule is Cc1cccc(CCNc2nc(C)c(C(=O)O)s2)c1. The lowest BCUT2D eigenvalue weighted by atomic mass is 10.1. The summed E-state index contributed by atoms with van der Waals surface area (Å²) in [6.45, 7) is 4.53. The molecule has 0 fully saturated rings. The summed E-state index contributed by atoms with van der Waals surface area (Å²) in [4.78, 5) is 15.4. The first-order chi connectivity index (χ1) is 9.06. The number of carboxylic acids is 1. The molecule has 100 valence electrons. The molecule has 1 heterocycles. The molecule has 0 aliphatic rings. The topological polar surface area (TPSA) is 62.2 Å². The second-order valence-corrected chi connectivity index (χ2v) is 5.40. The largest absolute Gasteiger partial charge is 0.477 e. The number of carbonyl (C=O) groups is 1. The van der Waals surface area contributed by atoms with Gasteiger partial charge in [0.25, 0.3) is 0 Å². The molecule has 5 heteroatoms. The molecular weight excluding hydrogens is 260 g/mol. The lowest BCUT2D eigenvalue weighted by Gasteiger charge is -2.03. The highest BCUT2D eigenvalue weighted by atomic mass is 32.1. The molecule has 2 rings (SSSR count). The Bertz CT molecular complexity index is 593. The van der Waals surface area contributed by atoms with Crippen LogP contribution in [0.15, 0.2) is 24.3 Å². The van der Waals surface area contributed by atoms with E-state index in [1.54, 1.807) is 6.92 Å². The maximum Gasteiger partial charge on any atom is 0.347 e. The zero-order valence-electron chi connectivity index (χ0n) is 10.9. The van der Waals surface area contributed by atoms with Crippen molar-refractivity contribution < 1.29 is 9.90 Å². The van der Waals surface area contributed by atoms with Gasteiger partial charge in [0.15, 0.2) is 5.13 Å². The van der Waals surface area contributed by atoms with Gasteiger partial charge in [-0.2, -0.15) is 0 Å². The van der Waals surface area contributed by atoms with Crippen molar-refractivity contribution in [2.75, 3.05) is 11.9 Å². The van der Waals surface area contributed by atoms with Crippen LogP contribution in [0.25, 0.3) is 0 Å². The fraction of sp³-hybridized carbons (Fsp3) is 0.286.